The molecular formula is C124H126N20Pt4. The van der Waals surface area contributed by atoms with Gasteiger partial charge in [-0.1, -0.05) is 95.1 Å². The van der Waals surface area contributed by atoms with Gasteiger partial charge in [0.05, 0.1) is 0 Å². The molecule has 762 valence electrons. The first-order valence-corrected chi connectivity index (χ1v) is 47.9. The van der Waals surface area contributed by atoms with E-state index in [1.54, 1.807) is 0 Å². The number of allylic oxidation sites excluding steroid dienone is 2. The van der Waals surface area contributed by atoms with Crippen LogP contribution in [-0.2, 0) is 84.3 Å². The summed E-state index contributed by atoms with van der Waals surface area (Å²) in [5, 5.41) is 25.0. The second kappa shape index (κ2) is 49.2. The van der Waals surface area contributed by atoms with Crippen LogP contribution in [0.4, 0.5) is 102 Å². The summed E-state index contributed by atoms with van der Waals surface area (Å²) in [6, 6.07) is 81.9. The van der Waals surface area contributed by atoms with Crippen molar-refractivity contribution in [1.29, 1.82) is 21.0 Å². The van der Waals surface area contributed by atoms with Crippen LogP contribution in [0.2, 0.25) is 0 Å². The van der Waals surface area contributed by atoms with Crippen LogP contribution in [0.3, 0.4) is 0 Å². The first-order valence-electron chi connectivity index (χ1n) is 47.9. The van der Waals surface area contributed by atoms with Crippen molar-refractivity contribution in [3.63, 3.8) is 0 Å². The Labute approximate surface area is 939 Å². The summed E-state index contributed by atoms with van der Waals surface area (Å²) in [6.45, 7) is 79.8. The fourth-order valence-electron chi connectivity index (χ4n) is 20.7. The summed E-state index contributed by atoms with van der Waals surface area (Å²) in [5.41, 5.74) is 56.0. The molecule has 0 saturated heterocycles. The molecule has 20 nitrogen and oxygen atoms in total. The van der Waals surface area contributed by atoms with Crippen LogP contribution in [0.15, 0.2) is 218 Å². The predicted molar refractivity (Wildman–Crippen MR) is 595 cm³/mol. The van der Waals surface area contributed by atoms with Gasteiger partial charge in [0.15, 0.2) is 0 Å². The van der Waals surface area contributed by atoms with Gasteiger partial charge in [0.1, 0.15) is 0 Å². The Morgan fingerprint density at radius 2 is 0.392 bits per heavy atom. The molecule has 24 heteroatoms. The van der Waals surface area contributed by atoms with Crippen LogP contribution in [0.1, 0.15) is 114 Å². The number of para-hydroxylation sites is 4. The van der Waals surface area contributed by atoms with E-state index in [2.05, 4.69) is 532 Å². The third kappa shape index (κ3) is 23.8. The fourth-order valence-corrected chi connectivity index (χ4v) is 20.7. The summed E-state index contributed by atoms with van der Waals surface area (Å²) in [7, 11) is 16.7. The molecule has 0 atom stereocenters. The Balaban J connectivity index is 0.000000196. The first-order chi connectivity index (χ1) is 68.9. The summed E-state index contributed by atoms with van der Waals surface area (Å²) >= 11 is 0. The van der Waals surface area contributed by atoms with E-state index in [1.165, 1.54) is 207 Å². The molecule has 8 heterocycles. The molecule has 0 bridgehead atoms. The van der Waals surface area contributed by atoms with Gasteiger partial charge in [0, 0.05) is 62.6 Å². The molecule has 0 amide bonds. The summed E-state index contributed by atoms with van der Waals surface area (Å²) in [4.78, 5) is 35.0. The molecule has 0 fully saturated rings. The summed E-state index contributed by atoms with van der Waals surface area (Å²) in [6.07, 6.45) is 8.25. The number of aryl methyl sites for hydroxylation is 18. The Morgan fingerprint density at radius 3 is 0.615 bits per heavy atom. The summed E-state index contributed by atoms with van der Waals surface area (Å²) < 4.78 is 0. The molecule has 0 unspecified atom stereocenters. The number of benzene rings is 13. The molecule has 0 aromatic heterocycles. The van der Waals surface area contributed by atoms with Crippen molar-refractivity contribution < 1.29 is 84.3 Å². The van der Waals surface area contributed by atoms with Gasteiger partial charge >= 0.3 is 84.3 Å². The van der Waals surface area contributed by atoms with E-state index in [9.17, 15) is 0 Å². The molecule has 0 saturated carbocycles. The normalized spacial score (nSPS) is 13.9. The minimum absolute atomic E-state index is 0. The van der Waals surface area contributed by atoms with Crippen LogP contribution in [0.5, 0.6) is 0 Å². The number of fused-ring (bicyclic) bond motifs is 5. The van der Waals surface area contributed by atoms with Gasteiger partial charge in [-0.2, -0.15) is 53.3 Å². The van der Waals surface area contributed by atoms with Crippen molar-refractivity contribution in [3.8, 4) is 44.5 Å². The topological polar surface area (TPSA) is 147 Å². The Bertz CT molecular complexity index is 7150. The molecule has 21 rings (SSSR count). The van der Waals surface area contributed by atoms with Gasteiger partial charge in [-0.3, -0.25) is 0 Å². The number of anilines is 18. The molecule has 8 aliphatic rings. The Kier molecular flexibility index (Phi) is 38.7. The second-order valence-corrected chi connectivity index (χ2v) is 38.6. The monoisotopic (exact) mass is 2670 g/mol. The first kappa shape index (κ1) is 116. The Hall–Kier alpha value is -13.4. The van der Waals surface area contributed by atoms with Crippen molar-refractivity contribution in [3.05, 3.63) is 422 Å². The van der Waals surface area contributed by atoms with Gasteiger partial charge in [-0.25, -0.2) is 0 Å². The van der Waals surface area contributed by atoms with Crippen molar-refractivity contribution in [2.45, 2.75) is 138 Å². The van der Waals surface area contributed by atoms with Gasteiger partial charge in [-0.05, 0) is 386 Å². The van der Waals surface area contributed by atoms with E-state index in [1.807, 2.05) is 25.2 Å². The van der Waals surface area contributed by atoms with Gasteiger partial charge in [0.25, 0.3) is 0 Å². The van der Waals surface area contributed by atoms with E-state index in [-0.39, 0.29) is 84.3 Å². The van der Waals surface area contributed by atoms with Crippen molar-refractivity contribution in [1.82, 2.24) is 14.7 Å². The largest absolute Gasteiger partial charge is 4.00 e. The molecule has 148 heavy (non-hydrogen) atoms. The zero-order chi connectivity index (χ0) is 104. The molecule has 0 spiro atoms. The maximum Gasteiger partial charge on any atom is 4.00 e. The van der Waals surface area contributed by atoms with E-state index in [0.29, 0.717) is 0 Å². The zero-order valence-electron chi connectivity index (χ0n) is 89.5. The standard InChI is InChI=1S/C33H33N4.C31H35N4.C29H31N4.C27H27N4.4CN.4Pt/c1-21-12-24(4)33(25(5)13-21)26-16-27(36-19-34(6)29-10-8-9-11-30(29)36)18-28(17-26)37-20-35(7)31-14-22(2)23(3)15-32(31)37;1-19-10-22(4)31(23(5)11-19)26-14-27(34-17-32(8)24(6)25(34)7)16-28(15-26)35-18-33(9)29-12-20(2)21(3)13-30(29)35;1-19-10-22(4)29(23(5)11-19)24-14-25(32-9-8-30(6)17-32)16-26(15-24)33-18-31(7)27-12-20(2)21(3)13-28(27)33;1-19-12-20(2)27(21(3)13-19)22-14-23(30-11-10-28(4)17-30)16-24(15-22)31-18-29(5)25-8-6-7-9-26(25)31;4*1-2;;;;/h8-17,19-20H,1-7H3;10-15,17-18H,1-9H3;8-15,17-18H,1-7H3;6-15,17-18H,1-5H3;;;;;;;;/q4*-3;4*-1;4*+4. The van der Waals surface area contributed by atoms with Crippen LogP contribution in [-0.4, -0.2) is 71.1 Å². The van der Waals surface area contributed by atoms with Crippen LogP contribution in [0.25, 0.3) is 44.5 Å². The second-order valence-electron chi connectivity index (χ2n) is 38.6. The van der Waals surface area contributed by atoms with E-state index >= 15 is 0 Å². The van der Waals surface area contributed by atoms with Gasteiger partial charge in [-0.15, -0.1) is 141 Å². The van der Waals surface area contributed by atoms with E-state index < -0.39 is 0 Å². The molecule has 13 aromatic carbocycles. The number of nitrogens with zero attached hydrogens (tertiary/aromatic N) is 20. The molecule has 8 aliphatic heterocycles. The number of hydrogen-bond acceptors (Lipinski definition) is 20. The van der Waals surface area contributed by atoms with E-state index in [4.69, 9.17) is 47.3 Å². The Morgan fingerprint density at radius 1 is 0.196 bits per heavy atom. The third-order valence-corrected chi connectivity index (χ3v) is 27.8. The number of rotatable bonds is 12. The molecule has 13 aromatic rings. The fraction of sp³-hybridized carbons (Fsp3) is 0.226. The number of hydrogen-bond donors (Lipinski definition) is 0. The zero-order valence-corrected chi connectivity index (χ0v) is 98.5. The van der Waals surface area contributed by atoms with Crippen LogP contribution >= 0.6 is 0 Å². The summed E-state index contributed by atoms with van der Waals surface area (Å²) in [5.74, 6) is 0. The average Bonchev–Trinajstić information content (AvgIpc) is 1.62. The van der Waals surface area contributed by atoms with Crippen LogP contribution < -0.4 is 63.7 Å². The molecule has 0 radical (unpaired) electrons. The van der Waals surface area contributed by atoms with Crippen molar-refractivity contribution in [2.75, 3.05) is 120 Å². The van der Waals surface area contributed by atoms with Crippen LogP contribution in [0, 0.1) is 250 Å². The van der Waals surface area contributed by atoms with Crippen molar-refractivity contribution in [2.24, 2.45) is 0 Å². The van der Waals surface area contributed by atoms with E-state index in [0.717, 1.165) is 51.2 Å². The smallest absolute Gasteiger partial charge is 0.512 e. The minimum atomic E-state index is 0. The minimum Gasteiger partial charge on any atom is -0.512 e. The molecule has 0 N–H and O–H groups in total. The maximum atomic E-state index is 6.25. The molecular weight excluding hydrogens is 2550 g/mol. The van der Waals surface area contributed by atoms with Gasteiger partial charge in [0.2, 0.25) is 0 Å². The quantitative estimate of drug-likeness (QED) is 0.107. The predicted octanol–water partition coefficient (Wildman–Crippen LogP) is 28.9. The SMILES string of the molecule is CC1=C(C)N(c2[c-]c(N3[CH-]N(C)c4cc(C)c(C)cc43)cc(-c3c(C)cc(C)cc3C)c2)[CH-]N1C.Cc1cc(C)c(-c2cc(N3C=CN(C)[CH-]3)[c-]c(N3[CH-]N(C)c4cc(C)c(C)cc43)c2)c(C)c1.Cc1cc(C)c(-c2cc(N3C=CN(C)[CH-]3)[c-]c(N3[CH-]N(C)c4ccccc43)c2)c(C)c1.Cc1cc(C)c(-c2cc(N3[CH-]N(C)c4ccccc43)[c-]c(N3[CH-]N(C)c4cc(C)c(C)cc43)c2)c(C)c1.[C-]#N.[C-]#N.[C-]#N.[C-]#N.[Pt+4].[Pt+4].[Pt+4].[Pt+4]. The average molecular weight is 2680 g/mol. The maximum absolute atomic E-state index is 6.25. The molecule has 0 aliphatic carbocycles. The third-order valence-electron chi connectivity index (χ3n) is 27.8. The van der Waals surface area contributed by atoms with Crippen molar-refractivity contribution >= 4 is 102 Å². The van der Waals surface area contributed by atoms with Gasteiger partial charge < -0.3 is 126 Å².